The van der Waals surface area contributed by atoms with Gasteiger partial charge in [0.15, 0.2) is 16.5 Å². The number of carbonyl (C=O) groups is 1. The van der Waals surface area contributed by atoms with E-state index in [1.54, 1.807) is 37.7 Å². The molecule has 0 fully saturated rings. The topological polar surface area (TPSA) is 82.5 Å². The maximum Gasteiger partial charge on any atom is 0.287 e. The molecule has 0 aliphatic rings. The molecule has 7 nitrogen and oxygen atoms in total. The molecule has 1 N–H and O–H groups in total. The average molecular weight is 411 g/mol. The van der Waals surface area contributed by atoms with Crippen LogP contribution >= 0.6 is 11.8 Å². The van der Waals surface area contributed by atoms with Crippen molar-refractivity contribution in [1.29, 1.82) is 0 Å². The average Bonchev–Trinajstić information content (AvgIpc) is 2.73. The number of benzene rings is 2. The second kappa shape index (κ2) is 9.29. The molecule has 0 bridgehead atoms. The molecule has 0 saturated heterocycles. The van der Waals surface area contributed by atoms with Crippen molar-refractivity contribution in [3.05, 3.63) is 70.8 Å². The minimum atomic E-state index is -0.264. The number of aryl methyl sites for hydroxylation is 1. The van der Waals surface area contributed by atoms with Crippen LogP contribution in [0.25, 0.3) is 5.69 Å². The van der Waals surface area contributed by atoms with Gasteiger partial charge in [0.1, 0.15) is 0 Å². The summed E-state index contributed by atoms with van der Waals surface area (Å²) in [5.74, 6) is 0.886. The fraction of sp³-hybridized carbons (Fsp3) is 0.190. The smallest absolute Gasteiger partial charge is 0.287 e. The summed E-state index contributed by atoms with van der Waals surface area (Å²) < 4.78 is 11.9. The van der Waals surface area contributed by atoms with E-state index >= 15 is 0 Å². The van der Waals surface area contributed by atoms with Gasteiger partial charge in [0, 0.05) is 29.8 Å². The number of aromatic nitrogens is 2. The first-order chi connectivity index (χ1) is 14.0. The molecule has 3 aromatic rings. The van der Waals surface area contributed by atoms with Crippen molar-refractivity contribution < 1.29 is 14.3 Å². The minimum Gasteiger partial charge on any atom is -0.493 e. The normalized spacial score (nSPS) is 10.4. The van der Waals surface area contributed by atoms with Crippen LogP contribution in [0.1, 0.15) is 5.56 Å². The van der Waals surface area contributed by atoms with Gasteiger partial charge in [-0.3, -0.25) is 14.2 Å². The molecule has 1 aromatic heterocycles. The predicted molar refractivity (Wildman–Crippen MR) is 113 cm³/mol. The van der Waals surface area contributed by atoms with E-state index in [-0.39, 0.29) is 22.2 Å². The molecule has 29 heavy (non-hydrogen) atoms. The first kappa shape index (κ1) is 20.5. The maximum absolute atomic E-state index is 12.7. The van der Waals surface area contributed by atoms with Crippen LogP contribution in [-0.4, -0.2) is 35.4 Å². The Balaban J connectivity index is 1.68. The Morgan fingerprint density at radius 2 is 1.83 bits per heavy atom. The summed E-state index contributed by atoms with van der Waals surface area (Å²) in [6.45, 7) is 1.98. The Kier molecular flexibility index (Phi) is 6.56. The lowest BCUT2D eigenvalue weighted by Gasteiger charge is -2.10. The molecule has 0 saturated carbocycles. The Morgan fingerprint density at radius 1 is 1.10 bits per heavy atom. The van der Waals surface area contributed by atoms with E-state index in [1.807, 2.05) is 31.2 Å². The highest BCUT2D eigenvalue weighted by Gasteiger charge is 2.11. The van der Waals surface area contributed by atoms with Gasteiger partial charge in [0.05, 0.1) is 20.0 Å². The quantitative estimate of drug-likeness (QED) is 0.601. The number of methoxy groups -OCH3 is 2. The summed E-state index contributed by atoms with van der Waals surface area (Å²) in [6, 6.07) is 12.7. The van der Waals surface area contributed by atoms with Crippen molar-refractivity contribution in [2.24, 2.45) is 0 Å². The monoisotopic (exact) mass is 411 g/mol. The Hall–Kier alpha value is -3.26. The van der Waals surface area contributed by atoms with E-state index in [0.717, 1.165) is 23.0 Å². The van der Waals surface area contributed by atoms with Gasteiger partial charge in [0.25, 0.3) is 5.56 Å². The van der Waals surface area contributed by atoms with Crippen LogP contribution in [-0.2, 0) is 4.79 Å². The second-order valence-corrected chi connectivity index (χ2v) is 7.11. The number of hydrogen-bond donors (Lipinski definition) is 1. The first-order valence-corrected chi connectivity index (χ1v) is 9.79. The summed E-state index contributed by atoms with van der Waals surface area (Å²) in [6.07, 6.45) is 3.16. The molecule has 1 heterocycles. The molecule has 150 valence electrons. The van der Waals surface area contributed by atoms with Crippen molar-refractivity contribution in [3.63, 3.8) is 0 Å². The summed E-state index contributed by atoms with van der Waals surface area (Å²) in [4.78, 5) is 29.1. The van der Waals surface area contributed by atoms with Gasteiger partial charge in [0.2, 0.25) is 5.91 Å². The zero-order valence-electron chi connectivity index (χ0n) is 16.3. The molecule has 1 amide bonds. The van der Waals surface area contributed by atoms with Crippen molar-refractivity contribution in [1.82, 2.24) is 9.55 Å². The van der Waals surface area contributed by atoms with Crippen LogP contribution in [0.15, 0.2) is 64.7 Å². The Bertz CT molecular complexity index is 1060. The fourth-order valence-electron chi connectivity index (χ4n) is 2.65. The molecule has 0 unspecified atom stereocenters. The van der Waals surface area contributed by atoms with Crippen LogP contribution in [0.2, 0.25) is 0 Å². The molecule has 0 radical (unpaired) electrons. The number of thioether (sulfide) groups is 1. The van der Waals surface area contributed by atoms with Crippen LogP contribution in [0, 0.1) is 6.92 Å². The first-order valence-electron chi connectivity index (χ1n) is 8.81. The van der Waals surface area contributed by atoms with E-state index in [0.29, 0.717) is 17.2 Å². The van der Waals surface area contributed by atoms with E-state index in [4.69, 9.17) is 9.47 Å². The molecule has 3 rings (SSSR count). The third kappa shape index (κ3) is 4.97. The van der Waals surface area contributed by atoms with Gasteiger partial charge >= 0.3 is 0 Å². The van der Waals surface area contributed by atoms with Crippen molar-refractivity contribution in [2.75, 3.05) is 25.3 Å². The minimum absolute atomic E-state index is 0.0501. The number of carbonyl (C=O) groups excluding carboxylic acids is 1. The zero-order chi connectivity index (χ0) is 20.8. The summed E-state index contributed by atoms with van der Waals surface area (Å²) in [5, 5.41) is 3.04. The number of anilines is 1. The van der Waals surface area contributed by atoms with Crippen LogP contribution in [0.3, 0.4) is 0 Å². The number of amides is 1. The van der Waals surface area contributed by atoms with Crippen molar-refractivity contribution >= 4 is 23.4 Å². The van der Waals surface area contributed by atoms with E-state index in [2.05, 4.69) is 10.3 Å². The van der Waals surface area contributed by atoms with Crippen molar-refractivity contribution in [3.8, 4) is 17.2 Å². The summed E-state index contributed by atoms with van der Waals surface area (Å²) in [7, 11) is 3.07. The SMILES string of the molecule is COc1ccc(NC(=O)CSc2nccn(-c3ccc(C)cc3)c2=O)cc1OC. The highest BCUT2D eigenvalue weighted by atomic mass is 32.2. The second-order valence-electron chi connectivity index (χ2n) is 6.15. The Labute approximate surface area is 172 Å². The highest BCUT2D eigenvalue weighted by molar-refractivity contribution is 7.99. The van der Waals surface area contributed by atoms with Gasteiger partial charge in [-0.2, -0.15) is 0 Å². The van der Waals surface area contributed by atoms with Gasteiger partial charge < -0.3 is 14.8 Å². The maximum atomic E-state index is 12.7. The molecular formula is C21H21N3O4S. The van der Waals surface area contributed by atoms with E-state index < -0.39 is 0 Å². The molecular weight excluding hydrogens is 390 g/mol. The third-order valence-electron chi connectivity index (χ3n) is 4.13. The fourth-order valence-corrected chi connectivity index (χ4v) is 3.34. The van der Waals surface area contributed by atoms with E-state index in [9.17, 15) is 9.59 Å². The number of hydrogen-bond acceptors (Lipinski definition) is 6. The van der Waals surface area contributed by atoms with Crippen LogP contribution in [0.4, 0.5) is 5.69 Å². The van der Waals surface area contributed by atoms with E-state index in [1.165, 1.54) is 11.7 Å². The van der Waals surface area contributed by atoms with Gasteiger partial charge in [-0.25, -0.2) is 4.98 Å². The summed E-state index contributed by atoms with van der Waals surface area (Å²) in [5.41, 5.74) is 2.17. The van der Waals surface area contributed by atoms with Gasteiger partial charge in [-0.1, -0.05) is 29.5 Å². The highest BCUT2D eigenvalue weighted by Crippen LogP contribution is 2.29. The summed E-state index contributed by atoms with van der Waals surface area (Å²) >= 11 is 1.09. The molecule has 8 heteroatoms. The predicted octanol–water partition coefficient (Wildman–Crippen LogP) is 3.29. The molecule has 0 atom stereocenters. The molecule has 0 spiro atoms. The van der Waals surface area contributed by atoms with Crippen LogP contribution in [0.5, 0.6) is 11.5 Å². The molecule has 0 aliphatic carbocycles. The van der Waals surface area contributed by atoms with Crippen LogP contribution < -0.4 is 20.3 Å². The zero-order valence-corrected chi connectivity index (χ0v) is 17.2. The lowest BCUT2D eigenvalue weighted by Crippen LogP contribution is -2.22. The van der Waals surface area contributed by atoms with Gasteiger partial charge in [-0.15, -0.1) is 0 Å². The number of nitrogens with zero attached hydrogens (tertiary/aromatic N) is 2. The lowest BCUT2D eigenvalue weighted by atomic mass is 10.2. The third-order valence-corrected chi connectivity index (χ3v) is 5.09. The number of rotatable bonds is 7. The van der Waals surface area contributed by atoms with Crippen molar-refractivity contribution in [2.45, 2.75) is 11.9 Å². The lowest BCUT2D eigenvalue weighted by molar-refractivity contribution is -0.113. The molecule has 2 aromatic carbocycles. The Morgan fingerprint density at radius 3 is 2.52 bits per heavy atom. The molecule has 0 aliphatic heterocycles. The number of ether oxygens (including phenoxy) is 2. The standard InChI is InChI=1S/C21H21N3O4S/c1-14-4-7-16(8-5-14)24-11-10-22-20(21(24)26)29-13-19(25)23-15-6-9-17(27-2)18(12-15)28-3/h4-12H,13H2,1-3H3,(H,23,25). The number of nitrogens with one attached hydrogen (secondary N) is 1. The largest absolute Gasteiger partial charge is 0.493 e. The van der Waals surface area contributed by atoms with Gasteiger partial charge in [-0.05, 0) is 31.2 Å².